The van der Waals surface area contributed by atoms with Gasteiger partial charge in [0, 0.05) is 5.97 Å². The van der Waals surface area contributed by atoms with Gasteiger partial charge in [0.2, 0.25) is 5.82 Å². The molecule has 1 aromatic carbocycles. The van der Waals surface area contributed by atoms with Gasteiger partial charge in [0.25, 0.3) is 0 Å². The Bertz CT molecular complexity index is 459. The van der Waals surface area contributed by atoms with Crippen molar-refractivity contribution in [2.45, 2.75) is 18.8 Å². The molecule has 92 valence electrons. The highest BCUT2D eigenvalue weighted by Crippen LogP contribution is 2.50. The van der Waals surface area contributed by atoms with Gasteiger partial charge in [-0.25, -0.2) is 4.39 Å². The molecule has 0 saturated heterocycles. The Morgan fingerprint density at radius 1 is 1.47 bits per heavy atom. The summed E-state index contributed by atoms with van der Waals surface area (Å²) >= 11 is 0. The maximum atomic E-state index is 13.6. The van der Waals surface area contributed by atoms with Crippen LogP contribution < -0.4 is 9.84 Å². The van der Waals surface area contributed by atoms with Crippen molar-refractivity contribution in [3.63, 3.8) is 0 Å². The van der Waals surface area contributed by atoms with Crippen LogP contribution in [0.5, 0.6) is 5.75 Å². The third-order valence-corrected chi connectivity index (χ3v) is 3.05. The second kappa shape index (κ2) is 4.31. The minimum absolute atomic E-state index is 0.113. The number of hydrogen-bond acceptors (Lipinski definition) is 3. The Kier molecular flexibility index (Phi) is 3.00. The van der Waals surface area contributed by atoms with Crippen LogP contribution in [0.2, 0.25) is 0 Å². The van der Waals surface area contributed by atoms with E-state index in [1.54, 1.807) is 0 Å². The van der Waals surface area contributed by atoms with Crippen LogP contribution in [0.15, 0.2) is 12.1 Å². The van der Waals surface area contributed by atoms with Crippen LogP contribution in [0.1, 0.15) is 24.3 Å². The third-order valence-electron chi connectivity index (χ3n) is 3.05. The number of hydrogen-bond donors (Lipinski definition) is 0. The molecule has 1 aliphatic rings. The van der Waals surface area contributed by atoms with Crippen LogP contribution in [0.4, 0.5) is 8.78 Å². The lowest BCUT2D eigenvalue weighted by Crippen LogP contribution is -2.22. The summed E-state index contributed by atoms with van der Waals surface area (Å²) in [6.07, 6.45) is 0.439. The van der Waals surface area contributed by atoms with Crippen molar-refractivity contribution in [3.05, 3.63) is 29.3 Å². The molecule has 0 spiro atoms. The zero-order chi connectivity index (χ0) is 12.6. The van der Waals surface area contributed by atoms with E-state index in [0.717, 1.165) is 0 Å². The zero-order valence-corrected chi connectivity index (χ0v) is 9.20. The second-order valence-electron chi connectivity index (χ2n) is 4.16. The number of halogens is 2. The number of rotatable bonds is 4. The highest BCUT2D eigenvalue weighted by molar-refractivity contribution is 5.65. The van der Waals surface area contributed by atoms with Crippen molar-refractivity contribution in [3.8, 4) is 5.75 Å². The standard InChI is InChI=1S/C12H12F2O3/c1-17-9-3-2-7(11(13)12(9)14)8-4-6(8)5-10(15)16/h2-3,6,8H,4-5H2,1H3,(H,15,16)/p-1. The molecule has 0 amide bonds. The molecule has 0 bridgehead atoms. The van der Waals surface area contributed by atoms with Gasteiger partial charge in [-0.2, -0.15) is 4.39 Å². The monoisotopic (exact) mass is 241 g/mol. The molecule has 0 N–H and O–H groups in total. The van der Waals surface area contributed by atoms with Crippen molar-refractivity contribution in [2.24, 2.45) is 5.92 Å². The summed E-state index contributed by atoms with van der Waals surface area (Å²) in [6.45, 7) is 0. The van der Waals surface area contributed by atoms with Crippen LogP contribution in [0, 0.1) is 17.6 Å². The molecular formula is C12H11F2O3-. The summed E-state index contributed by atoms with van der Waals surface area (Å²) < 4.78 is 31.7. The molecule has 5 heteroatoms. The summed E-state index contributed by atoms with van der Waals surface area (Å²) in [4.78, 5) is 10.4. The van der Waals surface area contributed by atoms with E-state index in [-0.39, 0.29) is 29.6 Å². The Balaban J connectivity index is 2.19. The average Bonchev–Trinajstić information content (AvgIpc) is 3.00. The Labute approximate surface area is 97.0 Å². The molecule has 0 heterocycles. The molecule has 3 nitrogen and oxygen atoms in total. The van der Waals surface area contributed by atoms with Crippen LogP contribution in [-0.2, 0) is 4.79 Å². The maximum absolute atomic E-state index is 13.6. The summed E-state index contributed by atoms with van der Waals surface area (Å²) in [5, 5.41) is 10.4. The average molecular weight is 241 g/mol. The lowest BCUT2D eigenvalue weighted by atomic mass is 10.1. The number of aliphatic carboxylic acids is 1. The molecule has 0 aromatic heterocycles. The number of carboxylic acids is 1. The van der Waals surface area contributed by atoms with Crippen molar-refractivity contribution < 1.29 is 23.4 Å². The van der Waals surface area contributed by atoms with Gasteiger partial charge < -0.3 is 14.6 Å². The molecule has 1 aliphatic carbocycles. The molecule has 0 radical (unpaired) electrons. The first kappa shape index (κ1) is 11.8. The van der Waals surface area contributed by atoms with Crippen molar-refractivity contribution >= 4 is 5.97 Å². The SMILES string of the molecule is COc1ccc(C2CC2CC(=O)[O-])c(F)c1F. The quantitative estimate of drug-likeness (QED) is 0.796. The minimum atomic E-state index is -1.16. The predicted molar refractivity (Wildman–Crippen MR) is 53.4 cm³/mol. The number of benzene rings is 1. The number of carboxylic acid groups (broad SMARTS) is 1. The predicted octanol–water partition coefficient (Wildman–Crippen LogP) is 1.22. The fourth-order valence-corrected chi connectivity index (χ4v) is 2.06. The molecule has 17 heavy (non-hydrogen) atoms. The van der Waals surface area contributed by atoms with Gasteiger partial charge in [0.15, 0.2) is 11.6 Å². The highest BCUT2D eigenvalue weighted by Gasteiger charge is 2.40. The first-order valence-electron chi connectivity index (χ1n) is 5.26. The van der Waals surface area contributed by atoms with Gasteiger partial charge in [-0.05, 0) is 36.3 Å². The number of ether oxygens (including phenoxy) is 1. The van der Waals surface area contributed by atoms with E-state index >= 15 is 0 Å². The molecule has 2 unspecified atom stereocenters. The molecule has 1 saturated carbocycles. The lowest BCUT2D eigenvalue weighted by molar-refractivity contribution is -0.306. The number of carbonyl (C=O) groups excluding carboxylic acids is 1. The van der Waals surface area contributed by atoms with Gasteiger partial charge in [-0.3, -0.25) is 0 Å². The van der Waals surface area contributed by atoms with E-state index in [1.165, 1.54) is 19.2 Å². The summed E-state index contributed by atoms with van der Waals surface area (Å²) in [5.74, 6) is -3.66. The Morgan fingerprint density at radius 3 is 2.76 bits per heavy atom. The molecule has 1 fully saturated rings. The van der Waals surface area contributed by atoms with Crippen molar-refractivity contribution in [1.82, 2.24) is 0 Å². The molecular weight excluding hydrogens is 230 g/mol. The molecule has 0 aliphatic heterocycles. The van der Waals surface area contributed by atoms with Crippen LogP contribution in [0.25, 0.3) is 0 Å². The van der Waals surface area contributed by atoms with E-state index in [4.69, 9.17) is 0 Å². The lowest BCUT2D eigenvalue weighted by Gasteiger charge is -2.07. The van der Waals surface area contributed by atoms with Crippen molar-refractivity contribution in [2.75, 3.05) is 7.11 Å². The van der Waals surface area contributed by atoms with Gasteiger partial charge >= 0.3 is 0 Å². The normalized spacial score (nSPS) is 22.3. The molecule has 2 atom stereocenters. The van der Waals surface area contributed by atoms with Crippen molar-refractivity contribution in [1.29, 1.82) is 0 Å². The summed E-state index contributed by atoms with van der Waals surface area (Å²) in [6, 6.07) is 2.79. The highest BCUT2D eigenvalue weighted by atomic mass is 19.2. The Morgan fingerprint density at radius 2 is 2.18 bits per heavy atom. The first-order valence-corrected chi connectivity index (χ1v) is 5.26. The number of carbonyl (C=O) groups is 1. The van der Waals surface area contributed by atoms with Crippen LogP contribution in [-0.4, -0.2) is 13.1 Å². The van der Waals surface area contributed by atoms with Gasteiger partial charge in [-0.1, -0.05) is 6.07 Å². The number of methoxy groups -OCH3 is 1. The largest absolute Gasteiger partial charge is 0.550 e. The first-order chi connectivity index (χ1) is 8.04. The van der Waals surface area contributed by atoms with E-state index < -0.39 is 17.6 Å². The van der Waals surface area contributed by atoms with Gasteiger partial charge in [0.1, 0.15) is 0 Å². The van der Waals surface area contributed by atoms with Crippen LogP contribution in [0.3, 0.4) is 0 Å². The zero-order valence-electron chi connectivity index (χ0n) is 9.20. The van der Waals surface area contributed by atoms with Gasteiger partial charge in [-0.15, -0.1) is 0 Å². The second-order valence-corrected chi connectivity index (χ2v) is 4.16. The summed E-state index contributed by atoms with van der Waals surface area (Å²) in [7, 11) is 1.26. The van der Waals surface area contributed by atoms with E-state index in [0.29, 0.717) is 6.42 Å². The van der Waals surface area contributed by atoms with E-state index in [2.05, 4.69) is 4.74 Å². The topological polar surface area (TPSA) is 49.4 Å². The van der Waals surface area contributed by atoms with Crippen LogP contribution >= 0.6 is 0 Å². The van der Waals surface area contributed by atoms with Gasteiger partial charge in [0.05, 0.1) is 7.11 Å². The minimum Gasteiger partial charge on any atom is -0.550 e. The maximum Gasteiger partial charge on any atom is 0.200 e. The fourth-order valence-electron chi connectivity index (χ4n) is 2.06. The smallest absolute Gasteiger partial charge is 0.200 e. The van der Waals surface area contributed by atoms with E-state index in [9.17, 15) is 18.7 Å². The Hall–Kier alpha value is -1.65. The fraction of sp³-hybridized carbons (Fsp3) is 0.417. The van der Waals surface area contributed by atoms with E-state index in [1.807, 2.05) is 0 Å². The summed E-state index contributed by atoms with van der Waals surface area (Å²) in [5.41, 5.74) is 0.217. The molecule has 2 rings (SSSR count). The third kappa shape index (κ3) is 2.23. The molecule has 1 aromatic rings.